The highest BCUT2D eigenvalue weighted by molar-refractivity contribution is 8.01. The number of aryl methyl sites for hydroxylation is 1. The summed E-state index contributed by atoms with van der Waals surface area (Å²) in [4.78, 5) is 62.8. The van der Waals surface area contributed by atoms with E-state index in [9.17, 15) is 29.1 Å². The maximum atomic E-state index is 13.5. The molecule has 0 unspecified atom stereocenters. The predicted molar refractivity (Wildman–Crippen MR) is 181 cm³/mol. The highest BCUT2D eigenvalue weighted by Gasteiger charge is 2.57. The van der Waals surface area contributed by atoms with Crippen LogP contribution in [-0.4, -0.2) is 83.9 Å². The molecule has 266 valence electrons. The quantitative estimate of drug-likeness (QED) is 0.174. The number of amides is 2. The molecule has 2 amide bonds. The highest BCUT2D eigenvalue weighted by Crippen LogP contribution is 2.45. The highest BCUT2D eigenvalue weighted by atomic mass is 32.2. The molecular formula is C36H40N2O11S. The summed E-state index contributed by atoms with van der Waals surface area (Å²) in [6.45, 7) is 4.94. The SMILES string of the molecule is COC(=O)[C@@]1(Sc2ccc(C)cc2)C[C@H](O)[C@@H](NC(C)=O)[C@H]([C@H](OC(C)=O)[C@@H](CNC(=O)c2cccc(Oc3ccccc3)c2)OC(C)=O)O1. The van der Waals surface area contributed by atoms with Crippen LogP contribution in [0.4, 0.5) is 0 Å². The Morgan fingerprint density at radius 3 is 2.20 bits per heavy atom. The minimum Gasteiger partial charge on any atom is -0.466 e. The third-order valence-corrected chi connectivity index (χ3v) is 8.86. The second-order valence-electron chi connectivity index (χ2n) is 11.6. The Kier molecular flexibility index (Phi) is 13.0. The van der Waals surface area contributed by atoms with Gasteiger partial charge in [0.1, 0.15) is 17.6 Å². The Labute approximate surface area is 294 Å². The van der Waals surface area contributed by atoms with Gasteiger partial charge in [0, 0.05) is 37.7 Å². The molecule has 0 bridgehead atoms. The van der Waals surface area contributed by atoms with Crippen LogP contribution in [0.5, 0.6) is 11.5 Å². The van der Waals surface area contributed by atoms with E-state index in [-0.39, 0.29) is 12.0 Å². The van der Waals surface area contributed by atoms with Gasteiger partial charge >= 0.3 is 17.9 Å². The van der Waals surface area contributed by atoms with E-state index in [1.54, 1.807) is 42.5 Å². The van der Waals surface area contributed by atoms with Crippen LogP contribution in [0.1, 0.15) is 43.1 Å². The molecule has 0 radical (unpaired) electrons. The third kappa shape index (κ3) is 10.1. The molecule has 3 N–H and O–H groups in total. The van der Waals surface area contributed by atoms with E-state index in [0.717, 1.165) is 38.3 Å². The summed E-state index contributed by atoms with van der Waals surface area (Å²) in [6, 6.07) is 21.3. The van der Waals surface area contributed by atoms with Crippen molar-refractivity contribution in [3.8, 4) is 11.5 Å². The van der Waals surface area contributed by atoms with Gasteiger partial charge in [-0.2, -0.15) is 0 Å². The summed E-state index contributed by atoms with van der Waals surface area (Å²) in [5.74, 6) is -2.66. The molecule has 4 rings (SSSR count). The molecule has 6 atom stereocenters. The number of carbonyl (C=O) groups excluding carboxylic acids is 5. The number of thioether (sulfide) groups is 1. The van der Waals surface area contributed by atoms with E-state index in [1.807, 2.05) is 37.3 Å². The zero-order chi connectivity index (χ0) is 36.4. The first-order valence-electron chi connectivity index (χ1n) is 15.7. The van der Waals surface area contributed by atoms with Crippen molar-refractivity contribution < 1.29 is 52.8 Å². The van der Waals surface area contributed by atoms with Crippen molar-refractivity contribution in [2.24, 2.45) is 0 Å². The molecule has 0 saturated carbocycles. The van der Waals surface area contributed by atoms with Gasteiger partial charge in [0.15, 0.2) is 12.2 Å². The fourth-order valence-electron chi connectivity index (χ4n) is 5.44. The van der Waals surface area contributed by atoms with Gasteiger partial charge in [0.25, 0.3) is 5.91 Å². The Bertz CT molecular complexity index is 1670. The maximum absolute atomic E-state index is 13.5. The van der Waals surface area contributed by atoms with Gasteiger partial charge in [0.2, 0.25) is 10.8 Å². The molecule has 1 fully saturated rings. The van der Waals surface area contributed by atoms with E-state index < -0.39 is 71.7 Å². The van der Waals surface area contributed by atoms with Crippen LogP contribution in [0.15, 0.2) is 83.8 Å². The monoisotopic (exact) mass is 708 g/mol. The predicted octanol–water partition coefficient (Wildman–Crippen LogP) is 3.70. The van der Waals surface area contributed by atoms with E-state index in [1.165, 1.54) is 13.0 Å². The fourth-order valence-corrected chi connectivity index (χ4v) is 6.68. The summed E-state index contributed by atoms with van der Waals surface area (Å²) in [7, 11) is 1.16. The summed E-state index contributed by atoms with van der Waals surface area (Å²) in [5.41, 5.74) is 1.18. The van der Waals surface area contributed by atoms with Crippen molar-refractivity contribution in [1.82, 2.24) is 10.6 Å². The number of methoxy groups -OCH3 is 1. The normalized spacial score (nSPS) is 21.1. The first-order valence-corrected chi connectivity index (χ1v) is 16.5. The molecule has 0 aromatic heterocycles. The molecule has 3 aromatic rings. The molecule has 13 nitrogen and oxygen atoms in total. The topological polar surface area (TPSA) is 176 Å². The number of carbonyl (C=O) groups is 5. The van der Waals surface area contributed by atoms with Crippen molar-refractivity contribution in [2.45, 2.75) is 74.4 Å². The first kappa shape index (κ1) is 37.9. The van der Waals surface area contributed by atoms with Crippen molar-refractivity contribution in [1.29, 1.82) is 0 Å². The number of benzene rings is 3. The van der Waals surface area contributed by atoms with E-state index in [0.29, 0.717) is 16.4 Å². The van der Waals surface area contributed by atoms with Gasteiger partial charge in [-0.25, -0.2) is 4.79 Å². The molecule has 1 heterocycles. The summed E-state index contributed by atoms with van der Waals surface area (Å²) < 4.78 is 28.7. The number of esters is 3. The lowest BCUT2D eigenvalue weighted by atomic mass is 9.89. The van der Waals surface area contributed by atoms with Crippen LogP contribution in [0.25, 0.3) is 0 Å². The summed E-state index contributed by atoms with van der Waals surface area (Å²) in [6.07, 6.45) is -6.24. The van der Waals surface area contributed by atoms with Crippen LogP contribution in [0, 0.1) is 6.92 Å². The van der Waals surface area contributed by atoms with Gasteiger partial charge in [-0.1, -0.05) is 53.7 Å². The van der Waals surface area contributed by atoms with Crippen LogP contribution in [0.3, 0.4) is 0 Å². The van der Waals surface area contributed by atoms with E-state index in [2.05, 4.69) is 10.6 Å². The lowest BCUT2D eigenvalue weighted by molar-refractivity contribution is -0.216. The van der Waals surface area contributed by atoms with Gasteiger partial charge in [-0.05, 0) is 49.4 Å². The lowest BCUT2D eigenvalue weighted by Crippen LogP contribution is -2.67. The number of aliphatic hydroxyl groups excluding tert-OH is 1. The Balaban J connectivity index is 1.68. The molecular weight excluding hydrogens is 668 g/mol. The Morgan fingerprint density at radius 1 is 0.920 bits per heavy atom. The van der Waals surface area contributed by atoms with Gasteiger partial charge in [-0.15, -0.1) is 0 Å². The van der Waals surface area contributed by atoms with Crippen molar-refractivity contribution in [3.63, 3.8) is 0 Å². The Hall–Kier alpha value is -4.92. The number of nitrogens with one attached hydrogen (secondary N) is 2. The molecule has 1 aliphatic rings. The van der Waals surface area contributed by atoms with Crippen LogP contribution >= 0.6 is 11.8 Å². The molecule has 1 aliphatic heterocycles. The maximum Gasteiger partial charge on any atom is 0.349 e. The second-order valence-corrected chi connectivity index (χ2v) is 12.9. The fraction of sp³-hybridized carbons (Fsp3) is 0.361. The van der Waals surface area contributed by atoms with E-state index >= 15 is 0 Å². The largest absolute Gasteiger partial charge is 0.466 e. The second kappa shape index (κ2) is 17.1. The minimum absolute atomic E-state index is 0.212. The van der Waals surface area contributed by atoms with Crippen LogP contribution in [-0.2, 0) is 38.1 Å². The number of ether oxygens (including phenoxy) is 5. The number of hydrogen-bond donors (Lipinski definition) is 3. The smallest absolute Gasteiger partial charge is 0.349 e. The van der Waals surface area contributed by atoms with Crippen molar-refractivity contribution >= 4 is 41.5 Å². The number of hydrogen-bond acceptors (Lipinski definition) is 12. The average molecular weight is 709 g/mol. The lowest BCUT2D eigenvalue weighted by Gasteiger charge is -2.48. The number of rotatable bonds is 13. The molecule has 3 aromatic carbocycles. The summed E-state index contributed by atoms with van der Waals surface area (Å²) in [5, 5.41) is 16.8. The van der Waals surface area contributed by atoms with Crippen molar-refractivity contribution in [3.05, 3.63) is 90.0 Å². The van der Waals surface area contributed by atoms with Crippen molar-refractivity contribution in [2.75, 3.05) is 13.7 Å². The molecule has 0 spiro atoms. The van der Waals surface area contributed by atoms with E-state index in [4.69, 9.17) is 23.7 Å². The summed E-state index contributed by atoms with van der Waals surface area (Å²) >= 11 is 0.962. The number of para-hydroxylation sites is 1. The molecule has 0 aliphatic carbocycles. The zero-order valence-electron chi connectivity index (χ0n) is 28.2. The first-order chi connectivity index (χ1) is 23.8. The van der Waals surface area contributed by atoms with Gasteiger partial charge in [0.05, 0.1) is 25.8 Å². The number of aliphatic hydroxyl groups is 1. The molecule has 1 saturated heterocycles. The van der Waals surface area contributed by atoms with Crippen LogP contribution < -0.4 is 15.4 Å². The minimum atomic E-state index is -1.90. The van der Waals surface area contributed by atoms with Gasteiger partial charge < -0.3 is 39.4 Å². The molecule has 50 heavy (non-hydrogen) atoms. The molecule has 14 heteroatoms. The van der Waals surface area contributed by atoms with Gasteiger partial charge in [-0.3, -0.25) is 19.2 Å². The average Bonchev–Trinajstić information content (AvgIpc) is 3.07. The third-order valence-electron chi connectivity index (χ3n) is 7.59. The standard InChI is InChI=1S/C36H40N2O11S/c1-21-14-16-28(17-15-21)50-36(35(44)45-5)19-29(42)31(38-22(2)39)33(49-36)32(47-24(4)41)30(46-23(3)40)20-37-34(43)25-10-9-13-27(18-25)48-26-11-7-6-8-12-26/h6-18,29-33,42H,19-20H2,1-5H3,(H,37,43)(H,38,39)/t29-,30+,31+,32+,33+,36-/m0/s1. The Morgan fingerprint density at radius 2 is 1.58 bits per heavy atom. The van der Waals surface area contributed by atoms with Crippen LogP contribution in [0.2, 0.25) is 0 Å². The zero-order valence-corrected chi connectivity index (χ0v) is 29.1.